The van der Waals surface area contributed by atoms with E-state index in [0.717, 1.165) is 11.8 Å². The SMILES string of the molecule is CN(C)C(=O)N1CCN(c2ccnc3c(O)c([N+](=O)[O-])cc(Cl)c23)CC1. The molecule has 2 amide bonds. The molecule has 0 atom stereocenters. The number of rotatable bonds is 2. The Balaban J connectivity index is 1.96. The van der Waals surface area contributed by atoms with Crippen LogP contribution in [0, 0.1) is 10.1 Å². The molecule has 2 aromatic rings. The number of nitro benzene ring substituents is 1. The fourth-order valence-electron chi connectivity index (χ4n) is 3.07. The molecule has 0 aliphatic carbocycles. The third-order valence-electron chi connectivity index (χ3n) is 4.37. The summed E-state index contributed by atoms with van der Waals surface area (Å²) in [6, 6.07) is 2.84. The first kappa shape index (κ1) is 18.0. The monoisotopic (exact) mass is 379 g/mol. The van der Waals surface area contributed by atoms with Crippen molar-refractivity contribution in [3.63, 3.8) is 0 Å². The topological polar surface area (TPSA) is 103 Å². The van der Waals surface area contributed by atoms with Crippen LogP contribution in [0.25, 0.3) is 10.9 Å². The summed E-state index contributed by atoms with van der Waals surface area (Å²) >= 11 is 6.27. The summed E-state index contributed by atoms with van der Waals surface area (Å²) in [6.45, 7) is 2.23. The first-order chi connectivity index (χ1) is 12.3. The van der Waals surface area contributed by atoms with Crippen LogP contribution in [0.2, 0.25) is 5.02 Å². The molecule has 0 spiro atoms. The number of phenols is 1. The molecule has 1 aromatic heterocycles. The molecule has 1 aliphatic rings. The molecule has 1 aromatic carbocycles. The Labute approximate surface area is 154 Å². The first-order valence-corrected chi connectivity index (χ1v) is 8.34. The van der Waals surface area contributed by atoms with Crippen LogP contribution in [-0.4, -0.2) is 71.1 Å². The fraction of sp³-hybridized carbons (Fsp3) is 0.375. The number of nitrogens with zero attached hydrogens (tertiary/aromatic N) is 5. The zero-order chi connectivity index (χ0) is 19.0. The van der Waals surface area contributed by atoms with Crippen molar-refractivity contribution in [3.05, 3.63) is 33.5 Å². The van der Waals surface area contributed by atoms with E-state index in [4.69, 9.17) is 11.6 Å². The molecule has 138 valence electrons. The van der Waals surface area contributed by atoms with Gasteiger partial charge in [0.15, 0.2) is 0 Å². The Kier molecular flexibility index (Phi) is 4.73. The van der Waals surface area contributed by atoms with E-state index < -0.39 is 16.4 Å². The number of amides is 2. The number of pyridine rings is 1. The summed E-state index contributed by atoms with van der Waals surface area (Å²) in [4.78, 5) is 31.8. The molecule has 0 radical (unpaired) electrons. The van der Waals surface area contributed by atoms with Gasteiger partial charge in [-0.2, -0.15) is 0 Å². The van der Waals surface area contributed by atoms with Gasteiger partial charge in [0.1, 0.15) is 5.52 Å². The van der Waals surface area contributed by atoms with Crippen LogP contribution < -0.4 is 4.90 Å². The number of anilines is 1. The average molecular weight is 380 g/mol. The van der Waals surface area contributed by atoms with E-state index in [1.807, 2.05) is 4.90 Å². The van der Waals surface area contributed by atoms with Crippen molar-refractivity contribution < 1.29 is 14.8 Å². The molecular weight excluding hydrogens is 362 g/mol. The minimum atomic E-state index is -0.694. The summed E-state index contributed by atoms with van der Waals surface area (Å²) in [5, 5.41) is 21.9. The Morgan fingerprint density at radius 2 is 2.00 bits per heavy atom. The molecule has 1 fully saturated rings. The lowest BCUT2D eigenvalue weighted by atomic mass is 10.1. The minimum Gasteiger partial charge on any atom is -0.501 e. The quantitative estimate of drug-likeness (QED) is 0.634. The number of halogens is 1. The number of hydrogen-bond acceptors (Lipinski definition) is 6. The largest absolute Gasteiger partial charge is 0.501 e. The lowest BCUT2D eigenvalue weighted by molar-refractivity contribution is -0.385. The normalized spacial score (nSPS) is 14.6. The van der Waals surface area contributed by atoms with Crippen LogP contribution in [-0.2, 0) is 0 Å². The Morgan fingerprint density at radius 1 is 1.35 bits per heavy atom. The fourth-order valence-corrected chi connectivity index (χ4v) is 3.36. The van der Waals surface area contributed by atoms with Gasteiger partial charge in [-0.25, -0.2) is 4.79 Å². The number of phenolic OH excluding ortho intramolecular Hbond substituents is 1. The van der Waals surface area contributed by atoms with Crippen LogP contribution in [0.5, 0.6) is 5.75 Å². The number of hydrogen-bond donors (Lipinski definition) is 1. The number of benzene rings is 1. The molecule has 3 rings (SSSR count). The van der Waals surface area contributed by atoms with E-state index >= 15 is 0 Å². The average Bonchev–Trinajstić information content (AvgIpc) is 2.63. The highest BCUT2D eigenvalue weighted by Crippen LogP contribution is 2.41. The molecule has 1 aliphatic heterocycles. The van der Waals surface area contributed by atoms with Crippen molar-refractivity contribution in [3.8, 4) is 5.75 Å². The third kappa shape index (κ3) is 3.05. The maximum absolute atomic E-state index is 12.1. The molecule has 26 heavy (non-hydrogen) atoms. The van der Waals surface area contributed by atoms with E-state index in [0.29, 0.717) is 31.6 Å². The number of aromatic hydroxyl groups is 1. The van der Waals surface area contributed by atoms with Gasteiger partial charge in [0.25, 0.3) is 0 Å². The van der Waals surface area contributed by atoms with Crippen LogP contribution >= 0.6 is 11.6 Å². The van der Waals surface area contributed by atoms with Gasteiger partial charge in [0, 0.05) is 63.6 Å². The maximum atomic E-state index is 12.1. The number of aromatic nitrogens is 1. The second kappa shape index (κ2) is 6.83. The highest BCUT2D eigenvalue weighted by Gasteiger charge is 2.26. The second-order valence-corrected chi connectivity index (χ2v) is 6.60. The van der Waals surface area contributed by atoms with Crippen molar-refractivity contribution in [1.82, 2.24) is 14.8 Å². The van der Waals surface area contributed by atoms with E-state index in [1.54, 1.807) is 25.1 Å². The second-order valence-electron chi connectivity index (χ2n) is 6.19. The minimum absolute atomic E-state index is 0.0458. The lowest BCUT2D eigenvalue weighted by Crippen LogP contribution is -2.51. The first-order valence-electron chi connectivity index (χ1n) is 7.97. The van der Waals surface area contributed by atoms with Gasteiger partial charge in [-0.15, -0.1) is 0 Å². The summed E-state index contributed by atoms with van der Waals surface area (Å²) in [5.74, 6) is -0.502. The van der Waals surface area contributed by atoms with Gasteiger partial charge >= 0.3 is 11.7 Å². The van der Waals surface area contributed by atoms with Crippen molar-refractivity contribution >= 4 is 39.9 Å². The number of carbonyl (C=O) groups is 1. The van der Waals surface area contributed by atoms with Gasteiger partial charge in [-0.1, -0.05) is 11.6 Å². The van der Waals surface area contributed by atoms with Crippen molar-refractivity contribution in [2.75, 3.05) is 45.2 Å². The zero-order valence-corrected chi connectivity index (χ0v) is 15.1. The van der Waals surface area contributed by atoms with Crippen molar-refractivity contribution in [2.45, 2.75) is 0 Å². The van der Waals surface area contributed by atoms with Gasteiger partial charge in [-0.05, 0) is 6.07 Å². The summed E-state index contributed by atoms with van der Waals surface area (Å²) < 4.78 is 0. The molecule has 9 nitrogen and oxygen atoms in total. The van der Waals surface area contributed by atoms with E-state index in [1.165, 1.54) is 11.1 Å². The highest BCUT2D eigenvalue weighted by atomic mass is 35.5. The third-order valence-corrected chi connectivity index (χ3v) is 4.67. The van der Waals surface area contributed by atoms with E-state index in [2.05, 4.69) is 4.98 Å². The summed E-state index contributed by atoms with van der Waals surface area (Å²) in [5.41, 5.74) is 0.337. The molecule has 2 heterocycles. The van der Waals surface area contributed by atoms with E-state index in [9.17, 15) is 20.0 Å². The van der Waals surface area contributed by atoms with Crippen molar-refractivity contribution in [2.24, 2.45) is 0 Å². The molecule has 1 N–H and O–H groups in total. The summed E-state index contributed by atoms with van der Waals surface area (Å²) in [7, 11) is 3.42. The number of urea groups is 1. The highest BCUT2D eigenvalue weighted by molar-refractivity contribution is 6.37. The Bertz CT molecular complexity index is 881. The number of fused-ring (bicyclic) bond motifs is 1. The standard InChI is InChI=1S/C16H18ClN5O4/c1-19(2)16(24)21-7-5-20(6-8-21)11-3-4-18-14-13(11)10(17)9-12(15(14)23)22(25)26/h3-4,9,23H,5-8H2,1-2H3. The maximum Gasteiger partial charge on any atom is 0.319 e. The molecular formula is C16H18ClN5O4. The summed E-state index contributed by atoms with van der Waals surface area (Å²) in [6.07, 6.45) is 1.48. The van der Waals surface area contributed by atoms with Crippen molar-refractivity contribution in [1.29, 1.82) is 0 Å². The van der Waals surface area contributed by atoms with Gasteiger partial charge in [-0.3, -0.25) is 15.1 Å². The van der Waals surface area contributed by atoms with E-state index in [-0.39, 0.29) is 16.6 Å². The number of carbonyl (C=O) groups excluding carboxylic acids is 1. The molecule has 1 saturated heterocycles. The molecule has 10 heteroatoms. The zero-order valence-electron chi connectivity index (χ0n) is 14.3. The Morgan fingerprint density at radius 3 is 2.58 bits per heavy atom. The molecule has 0 bridgehead atoms. The smallest absolute Gasteiger partial charge is 0.319 e. The van der Waals surface area contributed by atoms with Gasteiger partial charge < -0.3 is 19.8 Å². The van der Waals surface area contributed by atoms with Crippen LogP contribution in [0.3, 0.4) is 0 Å². The van der Waals surface area contributed by atoms with Gasteiger partial charge in [0.2, 0.25) is 5.75 Å². The lowest BCUT2D eigenvalue weighted by Gasteiger charge is -2.37. The predicted molar refractivity (Wildman–Crippen MR) is 97.9 cm³/mol. The molecule has 0 unspecified atom stereocenters. The number of nitro groups is 1. The van der Waals surface area contributed by atoms with Crippen LogP contribution in [0.4, 0.5) is 16.2 Å². The molecule has 0 saturated carbocycles. The number of piperazine rings is 1. The predicted octanol–water partition coefficient (Wildman–Crippen LogP) is 2.31. The Hall–Kier alpha value is -2.81. The van der Waals surface area contributed by atoms with Gasteiger partial charge in [0.05, 0.1) is 9.95 Å². The van der Waals surface area contributed by atoms with Crippen LogP contribution in [0.1, 0.15) is 0 Å². The van der Waals surface area contributed by atoms with Crippen LogP contribution in [0.15, 0.2) is 18.3 Å².